The lowest BCUT2D eigenvalue weighted by Gasteiger charge is -2.35. The molecule has 0 saturated carbocycles. The average Bonchev–Trinajstić information content (AvgIpc) is 2.95. The van der Waals surface area contributed by atoms with E-state index in [2.05, 4.69) is 10.2 Å². The molecule has 2 saturated heterocycles. The van der Waals surface area contributed by atoms with Crippen LogP contribution in [-0.4, -0.2) is 80.5 Å². The summed E-state index contributed by atoms with van der Waals surface area (Å²) in [4.78, 5) is 16.2. The van der Waals surface area contributed by atoms with Gasteiger partial charge in [0.1, 0.15) is 5.60 Å². The summed E-state index contributed by atoms with van der Waals surface area (Å²) in [5.74, 6) is 0.684. The molecule has 0 aromatic rings. The maximum absolute atomic E-state index is 12.0. The zero-order chi connectivity index (χ0) is 16.0. The van der Waals surface area contributed by atoms with E-state index in [1.807, 2.05) is 25.7 Å². The van der Waals surface area contributed by atoms with Gasteiger partial charge < -0.3 is 19.7 Å². The SMILES string of the molecule is CC(C)(C)OC(=O)N1CCN(CCNCC2CCOC2)CC1. The van der Waals surface area contributed by atoms with Crippen LogP contribution < -0.4 is 5.32 Å². The van der Waals surface area contributed by atoms with Crippen molar-refractivity contribution in [1.29, 1.82) is 0 Å². The minimum Gasteiger partial charge on any atom is -0.444 e. The minimum atomic E-state index is -0.415. The molecule has 6 nitrogen and oxygen atoms in total. The van der Waals surface area contributed by atoms with Crippen molar-refractivity contribution in [2.45, 2.75) is 32.8 Å². The molecule has 1 N–H and O–H groups in total. The molecular weight excluding hydrogens is 282 g/mol. The Morgan fingerprint density at radius 1 is 1.27 bits per heavy atom. The zero-order valence-electron chi connectivity index (χ0n) is 14.3. The van der Waals surface area contributed by atoms with Gasteiger partial charge in [0, 0.05) is 52.4 Å². The number of carbonyl (C=O) groups is 1. The molecular formula is C16H31N3O3. The van der Waals surface area contributed by atoms with Gasteiger partial charge in [-0.1, -0.05) is 0 Å². The lowest BCUT2D eigenvalue weighted by molar-refractivity contribution is 0.0146. The predicted molar refractivity (Wildman–Crippen MR) is 86.0 cm³/mol. The second-order valence-electron chi connectivity index (χ2n) is 7.24. The van der Waals surface area contributed by atoms with Crippen molar-refractivity contribution in [3.8, 4) is 0 Å². The molecule has 2 heterocycles. The molecule has 6 heteroatoms. The average molecular weight is 313 g/mol. The van der Waals surface area contributed by atoms with Gasteiger partial charge >= 0.3 is 6.09 Å². The van der Waals surface area contributed by atoms with Crippen molar-refractivity contribution < 1.29 is 14.3 Å². The van der Waals surface area contributed by atoms with Crippen LogP contribution in [0.1, 0.15) is 27.2 Å². The topological polar surface area (TPSA) is 54.0 Å². The second kappa shape index (κ2) is 8.13. The van der Waals surface area contributed by atoms with Gasteiger partial charge in [0.25, 0.3) is 0 Å². The molecule has 128 valence electrons. The van der Waals surface area contributed by atoms with E-state index in [9.17, 15) is 4.79 Å². The number of rotatable bonds is 5. The number of hydrogen-bond donors (Lipinski definition) is 1. The van der Waals surface area contributed by atoms with Gasteiger partial charge in [-0.3, -0.25) is 4.90 Å². The summed E-state index contributed by atoms with van der Waals surface area (Å²) < 4.78 is 10.8. The first-order valence-electron chi connectivity index (χ1n) is 8.43. The van der Waals surface area contributed by atoms with E-state index in [1.54, 1.807) is 0 Å². The van der Waals surface area contributed by atoms with Crippen molar-refractivity contribution in [3.63, 3.8) is 0 Å². The lowest BCUT2D eigenvalue weighted by atomic mass is 10.1. The predicted octanol–water partition coefficient (Wildman–Crippen LogP) is 1.17. The summed E-state index contributed by atoms with van der Waals surface area (Å²) in [7, 11) is 0. The van der Waals surface area contributed by atoms with E-state index in [0.29, 0.717) is 5.92 Å². The highest BCUT2D eigenvalue weighted by Crippen LogP contribution is 2.12. The van der Waals surface area contributed by atoms with Crippen molar-refractivity contribution in [1.82, 2.24) is 15.1 Å². The largest absolute Gasteiger partial charge is 0.444 e. The Hall–Kier alpha value is -0.850. The van der Waals surface area contributed by atoms with Gasteiger partial charge in [-0.2, -0.15) is 0 Å². The molecule has 0 bridgehead atoms. The van der Waals surface area contributed by atoms with E-state index in [1.165, 1.54) is 6.42 Å². The van der Waals surface area contributed by atoms with Crippen molar-refractivity contribution in [2.24, 2.45) is 5.92 Å². The third kappa shape index (κ3) is 6.10. The Labute approximate surface area is 134 Å². The number of nitrogens with one attached hydrogen (secondary N) is 1. The van der Waals surface area contributed by atoms with Crippen LogP contribution in [0.3, 0.4) is 0 Å². The van der Waals surface area contributed by atoms with Gasteiger partial charge in [0.15, 0.2) is 0 Å². The van der Waals surface area contributed by atoms with Crippen LogP contribution in [0.4, 0.5) is 4.79 Å². The Morgan fingerprint density at radius 2 is 2.00 bits per heavy atom. The quantitative estimate of drug-likeness (QED) is 0.772. The number of nitrogens with zero attached hydrogens (tertiary/aromatic N) is 2. The number of piperazine rings is 1. The summed E-state index contributed by atoms with van der Waals surface area (Å²) in [6.07, 6.45) is 0.994. The molecule has 22 heavy (non-hydrogen) atoms. The number of hydrogen-bond acceptors (Lipinski definition) is 5. The van der Waals surface area contributed by atoms with Gasteiger partial charge in [0.05, 0.1) is 6.61 Å². The lowest BCUT2D eigenvalue weighted by Crippen LogP contribution is -2.51. The highest BCUT2D eigenvalue weighted by Gasteiger charge is 2.25. The zero-order valence-corrected chi connectivity index (χ0v) is 14.3. The third-order valence-electron chi connectivity index (χ3n) is 4.09. The van der Waals surface area contributed by atoms with Crippen LogP contribution in [-0.2, 0) is 9.47 Å². The molecule has 1 unspecified atom stereocenters. The normalized spacial score (nSPS) is 23.8. The van der Waals surface area contributed by atoms with Gasteiger partial charge in [-0.05, 0) is 33.1 Å². The maximum Gasteiger partial charge on any atom is 0.410 e. The van der Waals surface area contributed by atoms with Crippen LogP contribution in [0.5, 0.6) is 0 Å². The summed E-state index contributed by atoms with van der Waals surface area (Å²) in [6.45, 7) is 14.0. The fourth-order valence-corrected chi connectivity index (χ4v) is 2.77. The third-order valence-corrected chi connectivity index (χ3v) is 4.09. The molecule has 1 amide bonds. The molecule has 0 radical (unpaired) electrons. The first kappa shape index (κ1) is 17.5. The first-order chi connectivity index (χ1) is 10.4. The van der Waals surface area contributed by atoms with Crippen molar-refractivity contribution >= 4 is 6.09 Å². The molecule has 0 aromatic carbocycles. The molecule has 2 fully saturated rings. The standard InChI is InChI=1S/C16H31N3O3/c1-16(2,3)22-15(20)19-9-7-18(8-10-19)6-5-17-12-14-4-11-21-13-14/h14,17H,4-13H2,1-3H3. The van der Waals surface area contributed by atoms with Crippen LogP contribution in [0.15, 0.2) is 0 Å². The van der Waals surface area contributed by atoms with Crippen LogP contribution in [0, 0.1) is 5.92 Å². The molecule has 0 spiro atoms. The molecule has 2 aliphatic rings. The van der Waals surface area contributed by atoms with Gasteiger partial charge in [-0.25, -0.2) is 4.79 Å². The Bertz CT molecular complexity index is 343. The maximum atomic E-state index is 12.0. The van der Waals surface area contributed by atoms with E-state index in [4.69, 9.17) is 9.47 Å². The highest BCUT2D eigenvalue weighted by atomic mass is 16.6. The smallest absolute Gasteiger partial charge is 0.410 e. The van der Waals surface area contributed by atoms with Crippen LogP contribution >= 0.6 is 0 Å². The summed E-state index contributed by atoms with van der Waals surface area (Å²) in [5, 5.41) is 3.51. The van der Waals surface area contributed by atoms with Gasteiger partial charge in [0.2, 0.25) is 0 Å². The number of ether oxygens (including phenoxy) is 2. The summed E-state index contributed by atoms with van der Waals surface area (Å²) >= 11 is 0. The fourth-order valence-electron chi connectivity index (χ4n) is 2.77. The number of carbonyl (C=O) groups excluding carboxylic acids is 1. The molecule has 0 aromatic heterocycles. The number of amides is 1. The highest BCUT2D eigenvalue weighted by molar-refractivity contribution is 5.68. The van der Waals surface area contributed by atoms with E-state index < -0.39 is 5.60 Å². The Kier molecular flexibility index (Phi) is 6.47. The molecule has 0 aliphatic carbocycles. The minimum absolute atomic E-state index is 0.188. The van der Waals surface area contributed by atoms with E-state index in [-0.39, 0.29) is 6.09 Å². The fraction of sp³-hybridized carbons (Fsp3) is 0.938. The molecule has 2 aliphatic heterocycles. The monoisotopic (exact) mass is 313 g/mol. The van der Waals surface area contributed by atoms with Crippen molar-refractivity contribution in [3.05, 3.63) is 0 Å². The Balaban J connectivity index is 1.55. The van der Waals surface area contributed by atoms with Crippen LogP contribution in [0.2, 0.25) is 0 Å². The Morgan fingerprint density at radius 3 is 2.59 bits per heavy atom. The van der Waals surface area contributed by atoms with Crippen LogP contribution in [0.25, 0.3) is 0 Å². The molecule has 2 rings (SSSR count). The molecule has 1 atom stereocenters. The first-order valence-corrected chi connectivity index (χ1v) is 8.43. The van der Waals surface area contributed by atoms with E-state index in [0.717, 1.165) is 59.0 Å². The van der Waals surface area contributed by atoms with Gasteiger partial charge in [-0.15, -0.1) is 0 Å². The van der Waals surface area contributed by atoms with Crippen molar-refractivity contribution in [2.75, 3.05) is 59.0 Å². The summed E-state index contributed by atoms with van der Waals surface area (Å²) in [6, 6.07) is 0. The summed E-state index contributed by atoms with van der Waals surface area (Å²) in [5.41, 5.74) is -0.415. The van der Waals surface area contributed by atoms with E-state index >= 15 is 0 Å². The second-order valence-corrected chi connectivity index (χ2v) is 7.24.